The van der Waals surface area contributed by atoms with Gasteiger partial charge in [-0.2, -0.15) is 0 Å². The number of hydrogen-bond donors (Lipinski definition) is 1. The molecule has 0 spiro atoms. The van der Waals surface area contributed by atoms with E-state index in [2.05, 4.69) is 58.1 Å². The molecule has 2 rings (SSSR count). The Morgan fingerprint density at radius 1 is 1.04 bits per heavy atom. The predicted molar refractivity (Wildman–Crippen MR) is 102 cm³/mol. The first-order valence-corrected chi connectivity index (χ1v) is 10.0. The molecule has 2 nitrogen and oxygen atoms in total. The number of allylic oxidation sites excluding steroid dienone is 5. The van der Waals surface area contributed by atoms with Crippen molar-refractivity contribution in [2.75, 3.05) is 0 Å². The third kappa shape index (κ3) is 4.21. The third-order valence-corrected chi connectivity index (χ3v) is 6.34. The Morgan fingerprint density at radius 3 is 2.38 bits per heavy atom. The standard InChI is InChI=1S/C22H36O2/c1-5-16-11-9-12-17(6-2)20(16)15-21(24-23)22-18(7-3)13-10-14-19(22)8-4/h9-11,13,15-19,21-23H,5-8,12,14H2,1-4H3/b20-15+. The van der Waals surface area contributed by atoms with E-state index in [4.69, 9.17) is 4.89 Å². The molecule has 0 amide bonds. The summed E-state index contributed by atoms with van der Waals surface area (Å²) in [6.07, 6.45) is 18.2. The molecular weight excluding hydrogens is 296 g/mol. The van der Waals surface area contributed by atoms with Gasteiger partial charge in [0, 0.05) is 5.92 Å². The van der Waals surface area contributed by atoms with E-state index in [1.807, 2.05) is 0 Å². The van der Waals surface area contributed by atoms with Gasteiger partial charge in [0.05, 0.1) is 0 Å². The van der Waals surface area contributed by atoms with Crippen LogP contribution in [-0.2, 0) is 4.89 Å². The minimum atomic E-state index is -0.186. The Bertz CT molecular complexity index is 463. The zero-order valence-corrected chi connectivity index (χ0v) is 15.9. The van der Waals surface area contributed by atoms with E-state index in [0.29, 0.717) is 29.6 Å². The van der Waals surface area contributed by atoms with Crippen LogP contribution in [0.3, 0.4) is 0 Å². The van der Waals surface area contributed by atoms with Crippen molar-refractivity contribution < 1.29 is 10.1 Å². The maximum absolute atomic E-state index is 9.77. The molecule has 0 aliphatic heterocycles. The summed E-state index contributed by atoms with van der Waals surface area (Å²) in [5.74, 6) is 2.56. The monoisotopic (exact) mass is 332 g/mol. The molecule has 2 aliphatic carbocycles. The number of rotatable bonds is 7. The van der Waals surface area contributed by atoms with Crippen LogP contribution in [0.15, 0.2) is 36.0 Å². The molecule has 0 radical (unpaired) electrons. The minimum Gasteiger partial charge on any atom is -0.251 e. The fourth-order valence-electron chi connectivity index (χ4n) is 4.81. The van der Waals surface area contributed by atoms with Crippen LogP contribution in [0.5, 0.6) is 0 Å². The third-order valence-electron chi connectivity index (χ3n) is 6.34. The number of hydrogen-bond acceptors (Lipinski definition) is 2. The van der Waals surface area contributed by atoms with Gasteiger partial charge in [-0.05, 0) is 55.8 Å². The molecule has 6 atom stereocenters. The van der Waals surface area contributed by atoms with Gasteiger partial charge in [-0.3, -0.25) is 5.26 Å². The summed E-state index contributed by atoms with van der Waals surface area (Å²) in [4.78, 5) is 5.11. The molecule has 0 fully saturated rings. The quantitative estimate of drug-likeness (QED) is 0.331. The Kier molecular flexibility index (Phi) is 7.77. The highest BCUT2D eigenvalue weighted by Gasteiger charge is 2.36. The lowest BCUT2D eigenvalue weighted by atomic mass is 9.69. The molecule has 0 saturated carbocycles. The lowest BCUT2D eigenvalue weighted by Gasteiger charge is -2.38. The van der Waals surface area contributed by atoms with Gasteiger partial charge in [-0.15, -0.1) is 0 Å². The summed E-state index contributed by atoms with van der Waals surface area (Å²) in [6.45, 7) is 9.03. The van der Waals surface area contributed by atoms with E-state index in [1.165, 1.54) is 5.57 Å². The van der Waals surface area contributed by atoms with Gasteiger partial charge < -0.3 is 0 Å². The molecule has 0 aromatic carbocycles. The first kappa shape index (κ1) is 19.5. The van der Waals surface area contributed by atoms with Crippen LogP contribution in [0, 0.1) is 29.6 Å². The SMILES string of the molecule is CCC1C=CCC(CC)/C1=C/C(OO)C1C(CC)C=CCC1CC. The van der Waals surface area contributed by atoms with Gasteiger partial charge in [0.15, 0.2) is 0 Å². The molecule has 24 heavy (non-hydrogen) atoms. The first-order chi connectivity index (χ1) is 11.7. The van der Waals surface area contributed by atoms with E-state index >= 15 is 0 Å². The second-order valence-corrected chi connectivity index (χ2v) is 7.50. The van der Waals surface area contributed by atoms with Gasteiger partial charge in [0.2, 0.25) is 0 Å². The Morgan fingerprint density at radius 2 is 1.79 bits per heavy atom. The smallest absolute Gasteiger partial charge is 0.115 e. The maximum atomic E-state index is 9.77. The van der Waals surface area contributed by atoms with Crippen molar-refractivity contribution in [1.29, 1.82) is 0 Å². The zero-order valence-electron chi connectivity index (χ0n) is 15.9. The fourth-order valence-corrected chi connectivity index (χ4v) is 4.81. The highest BCUT2D eigenvalue weighted by Crippen LogP contribution is 2.41. The van der Waals surface area contributed by atoms with Gasteiger partial charge >= 0.3 is 0 Å². The Labute approximate surface area is 148 Å². The molecule has 0 saturated heterocycles. The molecule has 6 unspecified atom stereocenters. The van der Waals surface area contributed by atoms with Crippen LogP contribution in [0.25, 0.3) is 0 Å². The van der Waals surface area contributed by atoms with E-state index < -0.39 is 0 Å². The molecule has 1 N–H and O–H groups in total. The maximum Gasteiger partial charge on any atom is 0.115 e. The summed E-state index contributed by atoms with van der Waals surface area (Å²) in [5, 5.41) is 9.77. The molecular formula is C22H36O2. The van der Waals surface area contributed by atoms with Gasteiger partial charge in [0.1, 0.15) is 6.10 Å². The minimum absolute atomic E-state index is 0.186. The lowest BCUT2D eigenvalue weighted by molar-refractivity contribution is -0.283. The molecule has 0 aromatic rings. The predicted octanol–water partition coefficient (Wildman–Crippen LogP) is 6.41. The van der Waals surface area contributed by atoms with Crippen molar-refractivity contribution in [2.45, 2.75) is 72.3 Å². The lowest BCUT2D eigenvalue weighted by Crippen LogP contribution is -2.36. The van der Waals surface area contributed by atoms with Crippen molar-refractivity contribution in [2.24, 2.45) is 29.6 Å². The molecule has 136 valence electrons. The van der Waals surface area contributed by atoms with E-state index in [-0.39, 0.29) is 6.10 Å². The molecule has 0 bridgehead atoms. The largest absolute Gasteiger partial charge is 0.251 e. The van der Waals surface area contributed by atoms with Crippen molar-refractivity contribution in [3.63, 3.8) is 0 Å². The van der Waals surface area contributed by atoms with Gasteiger partial charge in [-0.1, -0.05) is 70.1 Å². The highest BCUT2D eigenvalue weighted by molar-refractivity contribution is 5.24. The summed E-state index contributed by atoms with van der Waals surface area (Å²) in [5.41, 5.74) is 1.49. The summed E-state index contributed by atoms with van der Waals surface area (Å²) < 4.78 is 0. The topological polar surface area (TPSA) is 29.5 Å². The highest BCUT2D eigenvalue weighted by atomic mass is 17.1. The first-order valence-electron chi connectivity index (χ1n) is 10.0. The summed E-state index contributed by atoms with van der Waals surface area (Å²) in [7, 11) is 0. The van der Waals surface area contributed by atoms with E-state index in [0.717, 1.165) is 38.5 Å². The summed E-state index contributed by atoms with van der Waals surface area (Å²) >= 11 is 0. The summed E-state index contributed by atoms with van der Waals surface area (Å²) in [6, 6.07) is 0. The van der Waals surface area contributed by atoms with Crippen LogP contribution in [0.1, 0.15) is 66.2 Å². The molecule has 2 aliphatic rings. The Balaban J connectivity index is 2.34. The average Bonchev–Trinajstić information content (AvgIpc) is 2.65. The van der Waals surface area contributed by atoms with Crippen LogP contribution >= 0.6 is 0 Å². The molecule has 0 heterocycles. The van der Waals surface area contributed by atoms with E-state index in [9.17, 15) is 5.26 Å². The fraction of sp³-hybridized carbons (Fsp3) is 0.727. The van der Waals surface area contributed by atoms with Crippen molar-refractivity contribution in [1.82, 2.24) is 0 Å². The van der Waals surface area contributed by atoms with Crippen molar-refractivity contribution in [3.8, 4) is 0 Å². The van der Waals surface area contributed by atoms with Gasteiger partial charge in [0.25, 0.3) is 0 Å². The second-order valence-electron chi connectivity index (χ2n) is 7.50. The van der Waals surface area contributed by atoms with Crippen molar-refractivity contribution in [3.05, 3.63) is 36.0 Å². The van der Waals surface area contributed by atoms with Crippen LogP contribution in [0.4, 0.5) is 0 Å². The Hall–Kier alpha value is -0.860. The van der Waals surface area contributed by atoms with E-state index in [1.54, 1.807) is 0 Å². The van der Waals surface area contributed by atoms with Gasteiger partial charge in [-0.25, -0.2) is 4.89 Å². The zero-order chi connectivity index (χ0) is 17.5. The van der Waals surface area contributed by atoms with Crippen LogP contribution in [0.2, 0.25) is 0 Å². The van der Waals surface area contributed by atoms with Crippen LogP contribution < -0.4 is 0 Å². The molecule has 0 aromatic heterocycles. The van der Waals surface area contributed by atoms with Crippen molar-refractivity contribution >= 4 is 0 Å². The molecule has 2 heteroatoms. The van der Waals surface area contributed by atoms with Crippen LogP contribution in [-0.4, -0.2) is 11.4 Å². The second kappa shape index (κ2) is 9.58. The normalized spacial score (nSPS) is 36.2. The average molecular weight is 333 g/mol.